The molecule has 0 aliphatic heterocycles. The normalized spacial score (nSPS) is 16.1. The van der Waals surface area contributed by atoms with E-state index in [1.807, 2.05) is 0 Å². The molecule has 24 heavy (non-hydrogen) atoms. The molecule has 1 N–H and O–H groups in total. The Labute approximate surface area is 138 Å². The molecule has 0 unspecified atom stereocenters. The van der Waals surface area contributed by atoms with Crippen molar-refractivity contribution in [3.63, 3.8) is 0 Å². The molecule has 2 aromatic rings. The van der Waals surface area contributed by atoms with Crippen molar-refractivity contribution in [2.24, 2.45) is 0 Å². The number of nitrogens with one attached hydrogen (secondary N) is 1. The van der Waals surface area contributed by atoms with Gasteiger partial charge in [0.15, 0.2) is 5.69 Å². The minimum absolute atomic E-state index is 0.0103. The molecule has 1 amide bonds. The van der Waals surface area contributed by atoms with E-state index in [0.29, 0.717) is 25.0 Å². The topological polar surface area (TPSA) is 64.4 Å². The highest BCUT2D eigenvalue weighted by atomic mass is 19.1. The molecule has 5 nitrogen and oxygen atoms in total. The molecule has 1 aliphatic carbocycles. The van der Waals surface area contributed by atoms with E-state index in [1.54, 1.807) is 6.92 Å². The highest BCUT2D eigenvalue weighted by Crippen LogP contribution is 2.40. The van der Waals surface area contributed by atoms with Gasteiger partial charge in [-0.15, -0.1) is 0 Å². The Kier molecular flexibility index (Phi) is 4.51. The van der Waals surface area contributed by atoms with Crippen LogP contribution in [0.15, 0.2) is 28.9 Å². The summed E-state index contributed by atoms with van der Waals surface area (Å²) in [4.78, 5) is 16.4. The average Bonchev–Trinajstić information content (AvgIpc) is 3.18. The van der Waals surface area contributed by atoms with Gasteiger partial charge in [0.1, 0.15) is 17.9 Å². The highest BCUT2D eigenvalue weighted by molar-refractivity contribution is 5.92. The monoisotopic (exact) mass is 336 g/mol. The van der Waals surface area contributed by atoms with Crippen LogP contribution in [0.3, 0.4) is 0 Å². The van der Waals surface area contributed by atoms with Crippen LogP contribution in [-0.2, 0) is 5.54 Å². The third-order valence-corrected chi connectivity index (χ3v) is 4.24. The number of ether oxygens (including phenoxy) is 1. The summed E-state index contributed by atoms with van der Waals surface area (Å²) in [7, 11) is 0. The van der Waals surface area contributed by atoms with Crippen LogP contribution >= 0.6 is 0 Å². The van der Waals surface area contributed by atoms with Gasteiger partial charge in [-0.05, 0) is 25.8 Å². The van der Waals surface area contributed by atoms with Gasteiger partial charge in [-0.1, -0.05) is 18.9 Å². The van der Waals surface area contributed by atoms with Crippen molar-refractivity contribution in [1.82, 2.24) is 10.3 Å². The molecule has 1 aromatic heterocycles. The van der Waals surface area contributed by atoms with Gasteiger partial charge < -0.3 is 14.5 Å². The van der Waals surface area contributed by atoms with Crippen LogP contribution < -0.4 is 10.1 Å². The van der Waals surface area contributed by atoms with E-state index in [9.17, 15) is 13.6 Å². The van der Waals surface area contributed by atoms with Crippen LogP contribution in [-0.4, -0.2) is 17.5 Å². The number of nitrogens with zero attached hydrogens (tertiary/aromatic N) is 1. The Bertz CT molecular complexity index is 739. The van der Waals surface area contributed by atoms with Crippen LogP contribution in [0.2, 0.25) is 0 Å². The molecule has 1 fully saturated rings. The lowest BCUT2D eigenvalue weighted by atomic mass is 9.87. The summed E-state index contributed by atoms with van der Waals surface area (Å²) in [6, 6.07) is 3.43. The van der Waals surface area contributed by atoms with Crippen LogP contribution in [0.25, 0.3) is 0 Å². The second-order valence-corrected chi connectivity index (χ2v) is 5.80. The zero-order chi connectivity index (χ0) is 17.2. The van der Waals surface area contributed by atoms with E-state index in [2.05, 4.69) is 10.3 Å². The number of carbonyl (C=O) groups excluding carboxylic acids is 1. The van der Waals surface area contributed by atoms with E-state index in [1.165, 1.54) is 18.4 Å². The molecule has 0 atom stereocenters. The number of amides is 1. The Morgan fingerprint density at radius 2 is 2.12 bits per heavy atom. The minimum atomic E-state index is -0.862. The van der Waals surface area contributed by atoms with Crippen molar-refractivity contribution in [2.45, 2.75) is 38.1 Å². The fourth-order valence-electron chi connectivity index (χ4n) is 3.15. The molecular formula is C17H18F2N2O3. The van der Waals surface area contributed by atoms with Gasteiger partial charge in [0.05, 0.1) is 12.1 Å². The maximum Gasteiger partial charge on any atom is 0.394 e. The number of hydrogen-bond acceptors (Lipinski definition) is 4. The lowest BCUT2D eigenvalue weighted by Crippen LogP contribution is -2.44. The summed E-state index contributed by atoms with van der Waals surface area (Å²) in [5, 5.41) is 2.86. The van der Waals surface area contributed by atoms with Crippen molar-refractivity contribution in [1.29, 1.82) is 0 Å². The number of halogens is 2. The predicted octanol–water partition coefficient (Wildman–Crippen LogP) is 3.55. The summed E-state index contributed by atoms with van der Waals surface area (Å²) >= 11 is 0. The molecule has 0 saturated heterocycles. The maximum absolute atomic E-state index is 14.3. The first-order valence-electron chi connectivity index (χ1n) is 7.90. The number of oxazole rings is 1. The first-order valence-corrected chi connectivity index (χ1v) is 7.90. The number of benzene rings is 1. The summed E-state index contributed by atoms with van der Waals surface area (Å²) in [6.07, 6.45) is 4.06. The van der Waals surface area contributed by atoms with E-state index < -0.39 is 23.1 Å². The standard InChI is InChI=1S/C17H18F2N2O3/c1-2-23-16-20-14(10-24-16)15(22)21-17(7-3-4-8-17)12-6-5-11(18)9-13(12)19/h5-6,9-10H,2-4,7-8H2,1H3,(H,21,22). The van der Waals surface area contributed by atoms with Gasteiger partial charge in [-0.2, -0.15) is 4.98 Å². The van der Waals surface area contributed by atoms with Gasteiger partial charge in [0.2, 0.25) is 0 Å². The highest BCUT2D eigenvalue weighted by Gasteiger charge is 2.39. The zero-order valence-electron chi connectivity index (χ0n) is 13.3. The first kappa shape index (κ1) is 16.4. The molecule has 0 spiro atoms. The van der Waals surface area contributed by atoms with Crippen LogP contribution in [0, 0.1) is 11.6 Å². The Morgan fingerprint density at radius 3 is 2.79 bits per heavy atom. The SMILES string of the molecule is CCOc1nc(C(=O)NC2(c3ccc(F)cc3F)CCCC2)co1. The molecule has 128 valence electrons. The second kappa shape index (κ2) is 6.59. The zero-order valence-corrected chi connectivity index (χ0v) is 13.3. The Morgan fingerprint density at radius 1 is 1.38 bits per heavy atom. The molecule has 1 aliphatic rings. The number of hydrogen-bond donors (Lipinski definition) is 1. The molecule has 0 bridgehead atoms. The largest absolute Gasteiger partial charge is 0.450 e. The Balaban J connectivity index is 1.86. The molecule has 3 rings (SSSR count). The quantitative estimate of drug-likeness (QED) is 0.907. The van der Waals surface area contributed by atoms with Crippen molar-refractivity contribution in [2.75, 3.05) is 6.61 Å². The van der Waals surface area contributed by atoms with Gasteiger partial charge in [0, 0.05) is 11.6 Å². The molecule has 1 heterocycles. The molecule has 0 radical (unpaired) electrons. The van der Waals surface area contributed by atoms with Crippen molar-refractivity contribution < 1.29 is 22.7 Å². The van der Waals surface area contributed by atoms with Crippen LogP contribution in [0.1, 0.15) is 48.7 Å². The molecule has 1 saturated carbocycles. The van der Waals surface area contributed by atoms with E-state index in [4.69, 9.17) is 9.15 Å². The summed E-state index contributed by atoms with van der Waals surface area (Å²) in [5.41, 5.74) is -0.505. The summed E-state index contributed by atoms with van der Waals surface area (Å²) < 4.78 is 37.6. The average molecular weight is 336 g/mol. The van der Waals surface area contributed by atoms with E-state index >= 15 is 0 Å². The van der Waals surface area contributed by atoms with Crippen molar-refractivity contribution in [3.8, 4) is 6.08 Å². The molecular weight excluding hydrogens is 318 g/mol. The van der Waals surface area contributed by atoms with Gasteiger partial charge in [0.25, 0.3) is 5.91 Å². The lowest BCUT2D eigenvalue weighted by molar-refractivity contribution is 0.0891. The lowest BCUT2D eigenvalue weighted by Gasteiger charge is -2.31. The fraction of sp³-hybridized carbons (Fsp3) is 0.412. The minimum Gasteiger partial charge on any atom is -0.450 e. The van der Waals surface area contributed by atoms with Crippen LogP contribution in [0.5, 0.6) is 6.08 Å². The predicted molar refractivity (Wildman–Crippen MR) is 81.6 cm³/mol. The van der Waals surface area contributed by atoms with E-state index in [-0.39, 0.29) is 11.8 Å². The second-order valence-electron chi connectivity index (χ2n) is 5.80. The maximum atomic E-state index is 14.3. The fourth-order valence-corrected chi connectivity index (χ4v) is 3.15. The molecule has 7 heteroatoms. The summed E-state index contributed by atoms with van der Waals surface area (Å²) in [6.45, 7) is 2.14. The summed E-state index contributed by atoms with van der Waals surface area (Å²) in [5.74, 6) is -1.78. The third kappa shape index (κ3) is 3.11. The van der Waals surface area contributed by atoms with E-state index in [0.717, 1.165) is 18.9 Å². The van der Waals surface area contributed by atoms with Crippen molar-refractivity contribution >= 4 is 5.91 Å². The number of aromatic nitrogens is 1. The van der Waals surface area contributed by atoms with Gasteiger partial charge in [-0.25, -0.2) is 8.78 Å². The first-order chi connectivity index (χ1) is 11.5. The number of rotatable bonds is 5. The van der Waals surface area contributed by atoms with Gasteiger partial charge in [-0.3, -0.25) is 4.79 Å². The Hall–Kier alpha value is -2.44. The smallest absolute Gasteiger partial charge is 0.394 e. The number of carbonyl (C=O) groups is 1. The van der Waals surface area contributed by atoms with Gasteiger partial charge >= 0.3 is 6.08 Å². The molecule has 1 aromatic carbocycles. The van der Waals surface area contributed by atoms with Crippen LogP contribution in [0.4, 0.5) is 8.78 Å². The third-order valence-electron chi connectivity index (χ3n) is 4.24. The van der Waals surface area contributed by atoms with Crippen molar-refractivity contribution in [3.05, 3.63) is 47.4 Å².